The molecule has 28 heavy (non-hydrogen) atoms. The maximum absolute atomic E-state index is 12.6. The number of fused-ring (bicyclic) bond motifs is 1. The Hall–Kier alpha value is -2.34. The van der Waals surface area contributed by atoms with Gasteiger partial charge < -0.3 is 15.0 Å². The molecule has 1 aliphatic rings. The van der Waals surface area contributed by atoms with Crippen molar-refractivity contribution in [2.75, 3.05) is 11.9 Å². The molecule has 5 nitrogen and oxygen atoms in total. The van der Waals surface area contributed by atoms with Crippen LogP contribution in [0.1, 0.15) is 47.8 Å². The third-order valence-corrected chi connectivity index (χ3v) is 5.05. The van der Waals surface area contributed by atoms with Crippen molar-refractivity contribution in [3.05, 3.63) is 63.1 Å². The fourth-order valence-corrected chi connectivity index (χ4v) is 3.67. The number of amides is 2. The number of anilines is 1. The lowest BCUT2D eigenvalue weighted by molar-refractivity contribution is 0.0224. The van der Waals surface area contributed by atoms with E-state index in [0.29, 0.717) is 18.7 Å². The summed E-state index contributed by atoms with van der Waals surface area (Å²) < 4.78 is 6.41. The van der Waals surface area contributed by atoms with Gasteiger partial charge in [-0.2, -0.15) is 0 Å². The van der Waals surface area contributed by atoms with Crippen LogP contribution in [0.4, 0.5) is 10.5 Å². The van der Waals surface area contributed by atoms with Gasteiger partial charge in [0.05, 0.1) is 0 Å². The van der Waals surface area contributed by atoms with Crippen LogP contribution >= 0.6 is 15.9 Å². The van der Waals surface area contributed by atoms with Gasteiger partial charge in [-0.15, -0.1) is 0 Å². The molecule has 1 N–H and O–H groups in total. The van der Waals surface area contributed by atoms with Gasteiger partial charge in [0.15, 0.2) is 0 Å². The van der Waals surface area contributed by atoms with Gasteiger partial charge in [0, 0.05) is 28.8 Å². The Morgan fingerprint density at radius 2 is 1.86 bits per heavy atom. The minimum Gasteiger partial charge on any atom is -0.444 e. The smallest absolute Gasteiger partial charge is 0.410 e. The van der Waals surface area contributed by atoms with Crippen molar-refractivity contribution in [3.63, 3.8) is 0 Å². The van der Waals surface area contributed by atoms with E-state index in [9.17, 15) is 9.59 Å². The van der Waals surface area contributed by atoms with Gasteiger partial charge in [0.2, 0.25) is 0 Å². The van der Waals surface area contributed by atoms with Crippen LogP contribution in [0, 0.1) is 6.92 Å². The summed E-state index contributed by atoms with van der Waals surface area (Å²) >= 11 is 3.42. The van der Waals surface area contributed by atoms with E-state index in [2.05, 4.69) is 21.2 Å². The fourth-order valence-electron chi connectivity index (χ4n) is 3.19. The Morgan fingerprint density at radius 1 is 1.11 bits per heavy atom. The molecule has 2 aromatic rings. The number of hydrogen-bond acceptors (Lipinski definition) is 3. The van der Waals surface area contributed by atoms with Crippen LogP contribution in [0.3, 0.4) is 0 Å². The number of carbonyl (C=O) groups excluding carboxylic acids is 2. The molecule has 0 aliphatic carbocycles. The van der Waals surface area contributed by atoms with Gasteiger partial charge in [-0.25, -0.2) is 4.79 Å². The topological polar surface area (TPSA) is 58.6 Å². The van der Waals surface area contributed by atoms with Gasteiger partial charge in [-0.1, -0.05) is 22.0 Å². The molecular weight excluding hydrogens is 420 g/mol. The van der Waals surface area contributed by atoms with Crippen LogP contribution in [-0.4, -0.2) is 29.0 Å². The number of hydrogen-bond donors (Lipinski definition) is 1. The Kier molecular flexibility index (Phi) is 5.79. The van der Waals surface area contributed by atoms with Gasteiger partial charge in [-0.3, -0.25) is 4.79 Å². The molecule has 0 saturated carbocycles. The number of ether oxygens (including phenoxy) is 1. The minimum atomic E-state index is -0.503. The number of rotatable bonds is 2. The van der Waals surface area contributed by atoms with E-state index in [1.807, 2.05) is 64.1 Å². The summed E-state index contributed by atoms with van der Waals surface area (Å²) in [5.74, 6) is -0.129. The monoisotopic (exact) mass is 444 g/mol. The second-order valence-electron chi connectivity index (χ2n) is 8.05. The zero-order valence-corrected chi connectivity index (χ0v) is 18.2. The highest BCUT2D eigenvalue weighted by Gasteiger charge is 2.25. The number of nitrogens with zero attached hydrogens (tertiary/aromatic N) is 1. The Bertz CT molecular complexity index is 918. The van der Waals surface area contributed by atoms with Crippen LogP contribution in [0.15, 0.2) is 40.9 Å². The molecule has 148 valence electrons. The first-order valence-electron chi connectivity index (χ1n) is 9.29. The van der Waals surface area contributed by atoms with Gasteiger partial charge in [0.25, 0.3) is 5.91 Å². The Labute approximate surface area is 174 Å². The molecular formula is C22H25BrN2O3. The summed E-state index contributed by atoms with van der Waals surface area (Å²) in [6.45, 7) is 8.63. The van der Waals surface area contributed by atoms with E-state index < -0.39 is 5.60 Å². The van der Waals surface area contributed by atoms with Gasteiger partial charge in [0.1, 0.15) is 5.60 Å². The van der Waals surface area contributed by atoms with Crippen molar-refractivity contribution in [1.29, 1.82) is 0 Å². The first kappa shape index (κ1) is 20.4. The lowest BCUT2D eigenvalue weighted by Crippen LogP contribution is -2.39. The van der Waals surface area contributed by atoms with Crippen molar-refractivity contribution in [2.45, 2.75) is 46.3 Å². The van der Waals surface area contributed by atoms with Crippen LogP contribution in [0.2, 0.25) is 0 Å². The standard InChI is InChI=1S/C22H25BrN2O3/c1-14-11-17(23)6-8-19(14)20(26)24-18-7-5-16-13-25(10-9-15(16)12-18)21(27)28-22(2,3)4/h5-8,11-12H,9-10,13H2,1-4H3,(H,24,26). The number of halogens is 1. The van der Waals surface area contributed by atoms with Crippen molar-refractivity contribution in [3.8, 4) is 0 Å². The lowest BCUT2D eigenvalue weighted by Gasteiger charge is -2.31. The van der Waals surface area contributed by atoms with Gasteiger partial charge in [-0.05, 0) is 81.1 Å². The lowest BCUT2D eigenvalue weighted by atomic mass is 9.99. The van der Waals surface area contributed by atoms with E-state index in [0.717, 1.165) is 33.3 Å². The van der Waals surface area contributed by atoms with Crippen molar-refractivity contribution in [1.82, 2.24) is 4.90 Å². The van der Waals surface area contributed by atoms with Crippen molar-refractivity contribution >= 4 is 33.6 Å². The zero-order valence-electron chi connectivity index (χ0n) is 16.6. The Balaban J connectivity index is 1.70. The van der Waals surface area contributed by atoms with Crippen molar-refractivity contribution < 1.29 is 14.3 Å². The van der Waals surface area contributed by atoms with Crippen molar-refractivity contribution in [2.24, 2.45) is 0 Å². The average molecular weight is 445 g/mol. The molecule has 0 bridgehead atoms. The maximum Gasteiger partial charge on any atom is 0.410 e. The van der Waals surface area contributed by atoms with E-state index >= 15 is 0 Å². The van der Waals surface area contributed by atoms with Crippen LogP contribution in [0.5, 0.6) is 0 Å². The maximum atomic E-state index is 12.6. The van der Waals surface area contributed by atoms with E-state index in [4.69, 9.17) is 4.74 Å². The predicted octanol–water partition coefficient (Wildman–Crippen LogP) is 5.30. The highest BCUT2D eigenvalue weighted by Crippen LogP contribution is 2.25. The minimum absolute atomic E-state index is 0.129. The number of nitrogens with one attached hydrogen (secondary N) is 1. The van der Waals surface area contributed by atoms with E-state index in [1.165, 1.54) is 0 Å². The zero-order chi connectivity index (χ0) is 20.5. The molecule has 0 aromatic heterocycles. The molecule has 2 amide bonds. The van der Waals surface area contributed by atoms with E-state index in [1.54, 1.807) is 4.90 Å². The highest BCUT2D eigenvalue weighted by atomic mass is 79.9. The van der Waals surface area contributed by atoms with Gasteiger partial charge >= 0.3 is 6.09 Å². The molecule has 6 heteroatoms. The third-order valence-electron chi connectivity index (χ3n) is 4.56. The molecule has 0 fully saturated rings. The number of benzene rings is 2. The first-order chi connectivity index (χ1) is 13.1. The second-order valence-corrected chi connectivity index (χ2v) is 8.96. The fraction of sp³-hybridized carbons (Fsp3) is 0.364. The average Bonchev–Trinajstić information content (AvgIpc) is 2.59. The summed E-state index contributed by atoms with van der Waals surface area (Å²) in [6.07, 6.45) is 0.441. The Morgan fingerprint density at radius 3 is 2.54 bits per heavy atom. The molecule has 1 heterocycles. The molecule has 0 unspecified atom stereocenters. The number of carbonyl (C=O) groups is 2. The quantitative estimate of drug-likeness (QED) is 0.682. The molecule has 1 aliphatic heterocycles. The van der Waals surface area contributed by atoms with Crippen LogP contribution in [-0.2, 0) is 17.7 Å². The summed E-state index contributed by atoms with van der Waals surface area (Å²) in [5.41, 5.74) is 4.04. The summed E-state index contributed by atoms with van der Waals surface area (Å²) in [7, 11) is 0. The van der Waals surface area contributed by atoms with Crippen LogP contribution < -0.4 is 5.32 Å². The summed E-state index contributed by atoms with van der Waals surface area (Å²) in [5, 5.41) is 2.97. The SMILES string of the molecule is Cc1cc(Br)ccc1C(=O)Nc1ccc2c(c1)CCN(C(=O)OC(C)(C)C)C2. The molecule has 2 aromatic carbocycles. The van der Waals surface area contributed by atoms with Crippen LogP contribution in [0.25, 0.3) is 0 Å². The second kappa shape index (κ2) is 7.95. The molecule has 3 rings (SSSR count). The largest absolute Gasteiger partial charge is 0.444 e. The summed E-state index contributed by atoms with van der Waals surface area (Å²) in [4.78, 5) is 26.6. The molecule has 0 spiro atoms. The molecule has 0 atom stereocenters. The number of aryl methyl sites for hydroxylation is 1. The predicted molar refractivity (Wildman–Crippen MR) is 114 cm³/mol. The molecule has 0 radical (unpaired) electrons. The molecule has 0 saturated heterocycles. The van der Waals surface area contributed by atoms with E-state index in [-0.39, 0.29) is 12.0 Å². The summed E-state index contributed by atoms with van der Waals surface area (Å²) in [6, 6.07) is 11.4. The highest BCUT2D eigenvalue weighted by molar-refractivity contribution is 9.10. The normalized spacial score (nSPS) is 13.7. The third kappa shape index (κ3) is 4.93. The first-order valence-corrected chi connectivity index (χ1v) is 10.1.